The molecule has 19 heavy (non-hydrogen) atoms. The van der Waals surface area contributed by atoms with Gasteiger partial charge in [-0.3, -0.25) is 14.4 Å². The van der Waals surface area contributed by atoms with Crippen molar-refractivity contribution in [1.82, 2.24) is 5.06 Å². The highest BCUT2D eigenvalue weighted by Gasteiger charge is 2.30. The van der Waals surface area contributed by atoms with E-state index in [1.165, 1.54) is 0 Å². The highest BCUT2D eigenvalue weighted by atomic mass is 16.7. The van der Waals surface area contributed by atoms with E-state index in [1.807, 2.05) is 36.4 Å². The molecule has 0 spiro atoms. The Morgan fingerprint density at radius 2 is 1.89 bits per heavy atom. The predicted octanol–water partition coefficient (Wildman–Crippen LogP) is 1.67. The van der Waals surface area contributed by atoms with E-state index in [-0.39, 0.29) is 31.3 Å². The highest BCUT2D eigenvalue weighted by molar-refractivity contribution is 6.00. The zero-order valence-corrected chi connectivity index (χ0v) is 10.2. The van der Waals surface area contributed by atoms with Crippen molar-refractivity contribution in [3.8, 4) is 6.07 Å². The van der Waals surface area contributed by atoms with Gasteiger partial charge in [0.25, 0.3) is 11.8 Å². The molecule has 0 atom stereocenters. The second kappa shape index (κ2) is 5.94. The number of rotatable bonds is 4. The lowest BCUT2D eigenvalue weighted by Gasteiger charge is -2.12. The maximum Gasteiger partial charge on any atom is 0.254 e. The van der Waals surface area contributed by atoms with Gasteiger partial charge in [-0.05, 0) is 11.6 Å². The first-order valence-electron chi connectivity index (χ1n) is 5.85. The Morgan fingerprint density at radius 3 is 2.47 bits per heavy atom. The summed E-state index contributed by atoms with van der Waals surface area (Å²) in [6.45, 7) is -0.0944. The van der Waals surface area contributed by atoms with E-state index in [0.29, 0.717) is 5.57 Å². The Balaban J connectivity index is 2.01. The predicted molar refractivity (Wildman–Crippen MR) is 67.1 cm³/mol. The third-order valence-corrected chi connectivity index (χ3v) is 2.64. The molecule has 2 amide bonds. The van der Waals surface area contributed by atoms with Gasteiger partial charge in [0.1, 0.15) is 6.61 Å². The molecule has 1 aromatic rings. The number of amides is 2. The molecule has 0 bridgehead atoms. The van der Waals surface area contributed by atoms with Crippen molar-refractivity contribution < 1.29 is 14.4 Å². The summed E-state index contributed by atoms with van der Waals surface area (Å²) in [5, 5.41) is 9.75. The van der Waals surface area contributed by atoms with Crippen molar-refractivity contribution in [2.75, 3.05) is 6.61 Å². The van der Waals surface area contributed by atoms with Crippen LogP contribution in [0.1, 0.15) is 18.4 Å². The lowest BCUT2D eigenvalue weighted by Crippen LogP contribution is -2.29. The van der Waals surface area contributed by atoms with Gasteiger partial charge in [0.2, 0.25) is 0 Å². The number of hydrogen-bond donors (Lipinski definition) is 0. The van der Waals surface area contributed by atoms with Gasteiger partial charge in [-0.1, -0.05) is 30.3 Å². The van der Waals surface area contributed by atoms with Gasteiger partial charge in [0.15, 0.2) is 0 Å². The summed E-state index contributed by atoms with van der Waals surface area (Å²) < 4.78 is 0. The Kier molecular flexibility index (Phi) is 4.06. The maximum atomic E-state index is 11.3. The lowest BCUT2D eigenvalue weighted by atomic mass is 10.1. The second-order valence-corrected chi connectivity index (χ2v) is 4.05. The first-order chi connectivity index (χ1) is 9.20. The minimum absolute atomic E-state index is 0.0944. The molecular weight excluding hydrogens is 244 g/mol. The van der Waals surface area contributed by atoms with E-state index >= 15 is 0 Å². The normalized spacial score (nSPS) is 15.7. The van der Waals surface area contributed by atoms with Crippen molar-refractivity contribution in [1.29, 1.82) is 5.26 Å². The molecule has 1 aromatic carbocycles. The van der Waals surface area contributed by atoms with Crippen LogP contribution in [0.5, 0.6) is 0 Å². The van der Waals surface area contributed by atoms with Gasteiger partial charge in [-0.15, -0.1) is 0 Å². The SMILES string of the molecule is N#C/C(=C\c1ccccc1)CON1C(=O)CCC1=O. The van der Waals surface area contributed by atoms with Gasteiger partial charge >= 0.3 is 0 Å². The molecule has 0 aliphatic carbocycles. The summed E-state index contributed by atoms with van der Waals surface area (Å²) in [7, 11) is 0. The zero-order chi connectivity index (χ0) is 13.7. The molecule has 1 saturated heterocycles. The van der Waals surface area contributed by atoms with Crippen LogP contribution in [0.15, 0.2) is 35.9 Å². The fraction of sp³-hybridized carbons (Fsp3) is 0.214. The topological polar surface area (TPSA) is 70.4 Å². The van der Waals surface area contributed by atoms with Gasteiger partial charge < -0.3 is 0 Å². The van der Waals surface area contributed by atoms with Crippen LogP contribution < -0.4 is 0 Å². The highest BCUT2D eigenvalue weighted by Crippen LogP contribution is 2.13. The smallest absolute Gasteiger partial charge is 0.254 e. The number of benzene rings is 1. The third-order valence-electron chi connectivity index (χ3n) is 2.64. The number of imide groups is 1. The molecule has 0 N–H and O–H groups in total. The second-order valence-electron chi connectivity index (χ2n) is 4.05. The molecule has 1 aliphatic heterocycles. The van der Waals surface area contributed by atoms with Gasteiger partial charge in [0, 0.05) is 12.8 Å². The largest absolute Gasteiger partial charge is 0.272 e. The summed E-state index contributed by atoms with van der Waals surface area (Å²) in [6, 6.07) is 11.3. The van der Waals surface area contributed by atoms with Crippen molar-refractivity contribution in [3.05, 3.63) is 41.5 Å². The van der Waals surface area contributed by atoms with Crippen LogP contribution in [-0.4, -0.2) is 23.5 Å². The molecule has 5 heteroatoms. The van der Waals surface area contributed by atoms with Gasteiger partial charge in [-0.2, -0.15) is 10.3 Å². The molecule has 1 aliphatic rings. The quantitative estimate of drug-likeness (QED) is 0.607. The van der Waals surface area contributed by atoms with Crippen molar-refractivity contribution in [3.63, 3.8) is 0 Å². The van der Waals surface area contributed by atoms with E-state index in [4.69, 9.17) is 10.1 Å². The number of carbonyl (C=O) groups is 2. The van der Waals surface area contributed by atoms with Crippen LogP contribution in [0.25, 0.3) is 6.08 Å². The van der Waals surface area contributed by atoms with E-state index in [1.54, 1.807) is 6.08 Å². The van der Waals surface area contributed by atoms with Crippen molar-refractivity contribution in [2.24, 2.45) is 0 Å². The molecule has 0 radical (unpaired) electrons. The summed E-state index contributed by atoms with van der Waals surface area (Å²) in [4.78, 5) is 27.7. The van der Waals surface area contributed by atoms with E-state index < -0.39 is 0 Å². The molecule has 0 aromatic heterocycles. The molecule has 1 heterocycles. The fourth-order valence-corrected chi connectivity index (χ4v) is 1.69. The Labute approximate surface area is 110 Å². The van der Waals surface area contributed by atoms with Crippen LogP contribution in [0.2, 0.25) is 0 Å². The van der Waals surface area contributed by atoms with E-state index in [0.717, 1.165) is 10.6 Å². The average Bonchev–Trinajstić information content (AvgIpc) is 2.75. The number of nitrogens with zero attached hydrogens (tertiary/aromatic N) is 2. The van der Waals surface area contributed by atoms with E-state index in [2.05, 4.69) is 0 Å². The molecule has 0 unspecified atom stereocenters. The third kappa shape index (κ3) is 3.27. The molecular formula is C14H12N2O3. The van der Waals surface area contributed by atoms with Crippen molar-refractivity contribution >= 4 is 17.9 Å². The first kappa shape index (κ1) is 13.0. The van der Waals surface area contributed by atoms with Crippen LogP contribution in [0.4, 0.5) is 0 Å². The fourth-order valence-electron chi connectivity index (χ4n) is 1.69. The summed E-state index contributed by atoms with van der Waals surface area (Å²) in [5.41, 5.74) is 1.21. The van der Waals surface area contributed by atoms with Crippen LogP contribution >= 0.6 is 0 Å². The van der Waals surface area contributed by atoms with Gasteiger partial charge in [-0.25, -0.2) is 0 Å². The van der Waals surface area contributed by atoms with Crippen LogP contribution in [0, 0.1) is 11.3 Å². The van der Waals surface area contributed by atoms with Crippen LogP contribution in [-0.2, 0) is 14.4 Å². The lowest BCUT2D eigenvalue weighted by molar-refractivity contribution is -0.184. The monoisotopic (exact) mass is 256 g/mol. The standard InChI is InChI=1S/C14H12N2O3/c15-9-12(8-11-4-2-1-3-5-11)10-19-16-13(17)6-7-14(16)18/h1-5,8H,6-7,10H2/b12-8+. The molecule has 1 fully saturated rings. The minimum Gasteiger partial charge on any atom is -0.272 e. The van der Waals surface area contributed by atoms with Crippen LogP contribution in [0.3, 0.4) is 0 Å². The summed E-state index contributed by atoms with van der Waals surface area (Å²) in [6.07, 6.45) is 2.00. The molecule has 5 nitrogen and oxygen atoms in total. The minimum atomic E-state index is -0.359. The van der Waals surface area contributed by atoms with E-state index in [9.17, 15) is 9.59 Å². The summed E-state index contributed by atoms with van der Waals surface area (Å²) in [5.74, 6) is -0.719. The number of carbonyl (C=O) groups excluding carboxylic acids is 2. The average molecular weight is 256 g/mol. The number of nitriles is 1. The molecule has 96 valence electrons. The Morgan fingerprint density at radius 1 is 1.26 bits per heavy atom. The zero-order valence-electron chi connectivity index (χ0n) is 10.2. The maximum absolute atomic E-state index is 11.3. The number of hydrogen-bond acceptors (Lipinski definition) is 4. The number of hydroxylamine groups is 2. The first-order valence-corrected chi connectivity index (χ1v) is 5.85. The summed E-state index contributed by atoms with van der Waals surface area (Å²) >= 11 is 0. The van der Waals surface area contributed by atoms with Gasteiger partial charge in [0.05, 0.1) is 11.6 Å². The molecule has 2 rings (SSSR count). The van der Waals surface area contributed by atoms with Crippen molar-refractivity contribution in [2.45, 2.75) is 12.8 Å². The Hall–Kier alpha value is -2.45. The molecule has 0 saturated carbocycles. The Bertz CT molecular complexity index is 542.